The van der Waals surface area contributed by atoms with Gasteiger partial charge in [0.05, 0.1) is 0 Å². The van der Waals surface area contributed by atoms with E-state index in [4.69, 9.17) is 0 Å². The molecule has 0 radical (unpaired) electrons. The summed E-state index contributed by atoms with van der Waals surface area (Å²) in [6, 6.07) is 0. The number of hydrogen-bond acceptors (Lipinski definition) is 0. The van der Waals surface area contributed by atoms with E-state index >= 15 is 0 Å². The molecule has 100 valence electrons. The van der Waals surface area contributed by atoms with Gasteiger partial charge >= 0.3 is 0 Å². The zero-order valence-electron chi connectivity index (χ0n) is 12.2. The van der Waals surface area contributed by atoms with Crippen LogP contribution in [0.25, 0.3) is 0 Å². The van der Waals surface area contributed by atoms with E-state index in [2.05, 4.69) is 44.2 Å². The van der Waals surface area contributed by atoms with Gasteiger partial charge in [-0.1, -0.05) is 56.2 Å². The lowest BCUT2D eigenvalue weighted by Crippen LogP contribution is -2.40. The Morgan fingerprint density at radius 2 is 1.95 bits per heavy atom. The predicted molar refractivity (Wildman–Crippen MR) is 80.8 cm³/mol. The summed E-state index contributed by atoms with van der Waals surface area (Å²) in [5.74, 6) is 0.784. The lowest BCUT2D eigenvalue weighted by molar-refractivity contribution is 0.172. The minimum atomic E-state index is 0.332. The second-order valence-electron chi connectivity index (χ2n) is 7.39. The highest BCUT2D eigenvalue weighted by Gasteiger charge is 2.48. The fourth-order valence-corrected chi connectivity index (χ4v) is 5.05. The van der Waals surface area contributed by atoms with E-state index in [0.29, 0.717) is 10.8 Å². The highest BCUT2D eigenvalue weighted by Crippen LogP contribution is 2.60. The summed E-state index contributed by atoms with van der Waals surface area (Å²) in [5.41, 5.74) is 5.81. The van der Waals surface area contributed by atoms with Crippen LogP contribution in [0.1, 0.15) is 52.4 Å². The molecule has 0 bridgehead atoms. The standard InChI is InChI=1S/C19H24/c1-18-11-5-7-16(18)15-9-8-14-6-3-4-12-19(14,2)17(15)10-13-18/h5,7-9,11,17H,3-4,6,10,12-13H2,1-2H3/t17-,18-,19-/m0/s1. The van der Waals surface area contributed by atoms with Crippen LogP contribution in [0.15, 0.2) is 47.1 Å². The van der Waals surface area contributed by atoms with Gasteiger partial charge in [-0.2, -0.15) is 0 Å². The van der Waals surface area contributed by atoms with Crippen LogP contribution in [-0.4, -0.2) is 0 Å². The van der Waals surface area contributed by atoms with E-state index in [-0.39, 0.29) is 0 Å². The van der Waals surface area contributed by atoms with Crippen molar-refractivity contribution in [1.29, 1.82) is 0 Å². The molecule has 4 aliphatic rings. The molecule has 4 rings (SSSR count). The fraction of sp³-hybridized carbons (Fsp3) is 0.579. The minimum Gasteiger partial charge on any atom is -0.0742 e. The van der Waals surface area contributed by atoms with Crippen molar-refractivity contribution in [2.45, 2.75) is 52.4 Å². The van der Waals surface area contributed by atoms with Gasteiger partial charge < -0.3 is 0 Å². The van der Waals surface area contributed by atoms with Crippen LogP contribution < -0.4 is 0 Å². The van der Waals surface area contributed by atoms with Crippen molar-refractivity contribution in [2.75, 3.05) is 0 Å². The van der Waals surface area contributed by atoms with Crippen molar-refractivity contribution >= 4 is 0 Å². The normalized spacial score (nSPS) is 43.7. The molecule has 4 aliphatic carbocycles. The maximum Gasteiger partial charge on any atom is 0.0110 e. The molecule has 0 unspecified atom stereocenters. The highest BCUT2D eigenvalue weighted by molar-refractivity contribution is 5.53. The Kier molecular flexibility index (Phi) is 2.32. The second kappa shape index (κ2) is 3.75. The molecule has 0 nitrogen and oxygen atoms in total. The van der Waals surface area contributed by atoms with E-state index < -0.39 is 0 Å². The summed E-state index contributed by atoms with van der Waals surface area (Å²) < 4.78 is 0. The Morgan fingerprint density at radius 3 is 2.84 bits per heavy atom. The number of rotatable bonds is 0. The number of allylic oxidation sites excluding steroid dienone is 8. The quantitative estimate of drug-likeness (QED) is 0.545. The molecule has 0 aromatic carbocycles. The van der Waals surface area contributed by atoms with Crippen molar-refractivity contribution in [2.24, 2.45) is 16.7 Å². The summed E-state index contributed by atoms with van der Waals surface area (Å²) in [6.45, 7) is 4.96. The Balaban J connectivity index is 1.81. The third-order valence-corrected chi connectivity index (χ3v) is 6.34. The minimum absolute atomic E-state index is 0.332. The monoisotopic (exact) mass is 252 g/mol. The van der Waals surface area contributed by atoms with Crippen LogP contribution in [0.3, 0.4) is 0 Å². The van der Waals surface area contributed by atoms with E-state index in [1.54, 1.807) is 16.7 Å². The molecule has 0 saturated heterocycles. The molecule has 3 atom stereocenters. The van der Waals surface area contributed by atoms with Gasteiger partial charge in [0.2, 0.25) is 0 Å². The van der Waals surface area contributed by atoms with Gasteiger partial charge in [0.1, 0.15) is 0 Å². The SMILES string of the molecule is C[C@@]12C=CC=C1C1=CC=C3CCCC[C@]3(C)[C@H]1CC2. The van der Waals surface area contributed by atoms with E-state index in [1.165, 1.54) is 38.5 Å². The van der Waals surface area contributed by atoms with Crippen LogP contribution in [0, 0.1) is 16.7 Å². The molecule has 0 aromatic heterocycles. The third kappa shape index (κ3) is 1.46. The first kappa shape index (κ1) is 11.8. The zero-order valence-corrected chi connectivity index (χ0v) is 12.2. The molecule has 0 amide bonds. The van der Waals surface area contributed by atoms with Crippen LogP contribution in [-0.2, 0) is 0 Å². The third-order valence-electron chi connectivity index (χ3n) is 6.34. The Bertz CT molecular complexity index is 542. The number of hydrogen-bond donors (Lipinski definition) is 0. The smallest absolute Gasteiger partial charge is 0.0110 e. The van der Waals surface area contributed by atoms with Gasteiger partial charge in [0.25, 0.3) is 0 Å². The van der Waals surface area contributed by atoms with Crippen LogP contribution in [0.2, 0.25) is 0 Å². The molecule has 0 N–H and O–H groups in total. The molecule has 0 spiro atoms. The summed E-state index contributed by atoms with van der Waals surface area (Å²) in [4.78, 5) is 0. The van der Waals surface area contributed by atoms with Gasteiger partial charge in [-0.3, -0.25) is 0 Å². The molecule has 2 saturated carbocycles. The first-order valence-electron chi connectivity index (χ1n) is 7.95. The van der Waals surface area contributed by atoms with Gasteiger partial charge in [0, 0.05) is 5.41 Å². The van der Waals surface area contributed by atoms with Crippen molar-refractivity contribution in [3.05, 3.63) is 47.1 Å². The molecule has 0 aliphatic heterocycles. The Labute approximate surface area is 117 Å². The van der Waals surface area contributed by atoms with Crippen molar-refractivity contribution < 1.29 is 0 Å². The van der Waals surface area contributed by atoms with Gasteiger partial charge in [0.15, 0.2) is 0 Å². The van der Waals surface area contributed by atoms with E-state index in [0.717, 1.165) is 5.92 Å². The topological polar surface area (TPSA) is 0 Å². The Morgan fingerprint density at radius 1 is 1.05 bits per heavy atom. The second-order valence-corrected chi connectivity index (χ2v) is 7.39. The lowest BCUT2D eigenvalue weighted by Gasteiger charge is -2.51. The maximum atomic E-state index is 2.54. The molecule has 0 heterocycles. The Hall–Kier alpha value is -1.04. The van der Waals surface area contributed by atoms with Gasteiger partial charge in [-0.25, -0.2) is 0 Å². The van der Waals surface area contributed by atoms with E-state index in [1.807, 2.05) is 0 Å². The summed E-state index contributed by atoms with van der Waals surface area (Å²) in [5, 5.41) is 0. The first-order chi connectivity index (χ1) is 9.13. The molecule has 0 aromatic rings. The summed E-state index contributed by atoms with van der Waals surface area (Å²) in [7, 11) is 0. The van der Waals surface area contributed by atoms with Gasteiger partial charge in [-0.05, 0) is 54.6 Å². The highest BCUT2D eigenvalue weighted by atomic mass is 14.5. The fourth-order valence-electron chi connectivity index (χ4n) is 5.05. The zero-order chi connectivity index (χ0) is 13.1. The first-order valence-corrected chi connectivity index (χ1v) is 7.95. The molecule has 2 fully saturated rings. The largest absolute Gasteiger partial charge is 0.0742 e. The average Bonchev–Trinajstić information content (AvgIpc) is 2.79. The number of fused-ring (bicyclic) bond motifs is 5. The van der Waals surface area contributed by atoms with Crippen LogP contribution in [0.4, 0.5) is 0 Å². The van der Waals surface area contributed by atoms with Gasteiger partial charge in [-0.15, -0.1) is 0 Å². The van der Waals surface area contributed by atoms with Crippen molar-refractivity contribution in [3.8, 4) is 0 Å². The summed E-state index contributed by atoms with van der Waals surface area (Å²) in [6.07, 6.45) is 20.3. The van der Waals surface area contributed by atoms with Crippen molar-refractivity contribution in [3.63, 3.8) is 0 Å². The molecule has 0 heteroatoms. The molecule has 19 heavy (non-hydrogen) atoms. The van der Waals surface area contributed by atoms with Crippen molar-refractivity contribution in [1.82, 2.24) is 0 Å². The van der Waals surface area contributed by atoms with Crippen LogP contribution >= 0.6 is 0 Å². The van der Waals surface area contributed by atoms with E-state index in [9.17, 15) is 0 Å². The van der Waals surface area contributed by atoms with Crippen LogP contribution in [0.5, 0.6) is 0 Å². The molecular weight excluding hydrogens is 228 g/mol. The lowest BCUT2D eigenvalue weighted by atomic mass is 9.53. The average molecular weight is 252 g/mol. The summed E-state index contributed by atoms with van der Waals surface area (Å²) >= 11 is 0. The maximum absolute atomic E-state index is 2.54. The predicted octanol–water partition coefficient (Wildman–Crippen LogP) is 5.35. The molecular formula is C19H24.